The Hall–Kier alpha value is -1.31. The van der Waals surface area contributed by atoms with E-state index in [4.69, 9.17) is 0 Å². The zero-order valence-electron chi connectivity index (χ0n) is 11.0. The van der Waals surface area contributed by atoms with Gasteiger partial charge < -0.3 is 5.32 Å². The molecule has 1 amide bonds. The SMILES string of the molecule is CCc1ccc(NC(=O)[C@@H]2C[C@@H]3CC[C@@H]2C3)cc1. The second-order valence-corrected chi connectivity index (χ2v) is 5.82. The van der Waals surface area contributed by atoms with Gasteiger partial charge in [0.1, 0.15) is 0 Å². The highest BCUT2D eigenvalue weighted by Crippen LogP contribution is 2.48. The van der Waals surface area contributed by atoms with Crippen molar-refractivity contribution >= 4 is 11.6 Å². The summed E-state index contributed by atoms with van der Waals surface area (Å²) in [6.45, 7) is 2.14. The lowest BCUT2D eigenvalue weighted by Crippen LogP contribution is -2.27. The van der Waals surface area contributed by atoms with E-state index >= 15 is 0 Å². The molecule has 2 bridgehead atoms. The van der Waals surface area contributed by atoms with E-state index in [1.807, 2.05) is 12.1 Å². The van der Waals surface area contributed by atoms with Gasteiger partial charge in [-0.2, -0.15) is 0 Å². The Morgan fingerprint density at radius 1 is 1.22 bits per heavy atom. The molecular weight excluding hydrogens is 222 g/mol. The van der Waals surface area contributed by atoms with Crippen LogP contribution in [0.25, 0.3) is 0 Å². The van der Waals surface area contributed by atoms with Crippen LogP contribution in [0.4, 0.5) is 5.69 Å². The number of hydrogen-bond donors (Lipinski definition) is 1. The number of amides is 1. The summed E-state index contributed by atoms with van der Waals surface area (Å²) in [5, 5.41) is 3.08. The minimum atomic E-state index is 0.242. The van der Waals surface area contributed by atoms with E-state index in [9.17, 15) is 4.79 Å². The first-order chi connectivity index (χ1) is 8.76. The summed E-state index contributed by atoms with van der Waals surface area (Å²) >= 11 is 0. The van der Waals surface area contributed by atoms with Crippen LogP contribution in [0.3, 0.4) is 0 Å². The summed E-state index contributed by atoms with van der Waals surface area (Å²) in [6, 6.07) is 8.22. The van der Waals surface area contributed by atoms with E-state index in [1.54, 1.807) is 0 Å². The number of anilines is 1. The Morgan fingerprint density at radius 2 is 2.00 bits per heavy atom. The standard InChI is InChI=1S/C16H21NO/c1-2-11-4-7-14(8-5-11)17-16(18)15-10-12-3-6-13(15)9-12/h4-5,7-8,12-13,15H,2-3,6,9-10H2,1H3,(H,17,18)/t12-,13-,15-/m1/s1. The number of carbonyl (C=O) groups is 1. The van der Waals surface area contributed by atoms with Crippen LogP contribution < -0.4 is 5.32 Å². The number of aryl methyl sites for hydroxylation is 1. The molecule has 0 aromatic heterocycles. The predicted molar refractivity (Wildman–Crippen MR) is 73.4 cm³/mol. The number of hydrogen-bond acceptors (Lipinski definition) is 1. The second-order valence-electron chi connectivity index (χ2n) is 5.82. The number of carbonyl (C=O) groups excluding carboxylic acids is 1. The molecule has 1 aromatic carbocycles. The molecule has 0 heterocycles. The molecule has 2 heteroatoms. The molecular formula is C16H21NO. The fourth-order valence-corrected chi connectivity index (χ4v) is 3.62. The van der Waals surface area contributed by atoms with Crippen molar-refractivity contribution in [3.8, 4) is 0 Å². The van der Waals surface area contributed by atoms with Gasteiger partial charge in [-0.25, -0.2) is 0 Å². The number of rotatable bonds is 3. The van der Waals surface area contributed by atoms with Crippen LogP contribution in [-0.2, 0) is 11.2 Å². The molecule has 0 aliphatic heterocycles. The van der Waals surface area contributed by atoms with Crippen molar-refractivity contribution in [3.05, 3.63) is 29.8 Å². The molecule has 0 radical (unpaired) electrons. The highest BCUT2D eigenvalue weighted by Gasteiger charge is 2.42. The minimum Gasteiger partial charge on any atom is -0.326 e. The van der Waals surface area contributed by atoms with Gasteiger partial charge in [-0.05, 0) is 55.2 Å². The minimum absolute atomic E-state index is 0.242. The van der Waals surface area contributed by atoms with Crippen LogP contribution in [0.2, 0.25) is 0 Å². The molecule has 96 valence electrons. The van der Waals surface area contributed by atoms with Crippen LogP contribution in [0.15, 0.2) is 24.3 Å². The molecule has 1 aromatic rings. The Balaban J connectivity index is 1.63. The van der Waals surface area contributed by atoms with E-state index < -0.39 is 0 Å². The summed E-state index contributed by atoms with van der Waals surface area (Å²) in [5.74, 6) is 2.00. The third kappa shape index (κ3) is 2.16. The molecule has 2 aliphatic carbocycles. The molecule has 2 fully saturated rings. The predicted octanol–water partition coefficient (Wildman–Crippen LogP) is 3.62. The quantitative estimate of drug-likeness (QED) is 0.863. The highest BCUT2D eigenvalue weighted by atomic mass is 16.1. The van der Waals surface area contributed by atoms with Crippen LogP contribution in [-0.4, -0.2) is 5.91 Å². The van der Waals surface area contributed by atoms with E-state index in [2.05, 4.69) is 24.4 Å². The Kier molecular flexibility index (Phi) is 3.11. The van der Waals surface area contributed by atoms with Gasteiger partial charge >= 0.3 is 0 Å². The molecule has 3 rings (SSSR count). The molecule has 2 nitrogen and oxygen atoms in total. The monoisotopic (exact) mass is 243 g/mol. The van der Waals surface area contributed by atoms with Gasteiger partial charge in [-0.3, -0.25) is 4.79 Å². The van der Waals surface area contributed by atoms with E-state index in [0.717, 1.165) is 24.4 Å². The molecule has 2 aliphatic rings. The Labute approximate surface area is 109 Å². The summed E-state index contributed by atoms with van der Waals surface area (Å²) < 4.78 is 0. The fourth-order valence-electron chi connectivity index (χ4n) is 3.62. The van der Waals surface area contributed by atoms with Gasteiger partial charge in [-0.15, -0.1) is 0 Å². The molecule has 0 unspecified atom stereocenters. The average Bonchev–Trinajstić information content (AvgIpc) is 3.02. The van der Waals surface area contributed by atoms with Crippen molar-refractivity contribution in [3.63, 3.8) is 0 Å². The largest absolute Gasteiger partial charge is 0.326 e. The van der Waals surface area contributed by atoms with Gasteiger partial charge in [0, 0.05) is 11.6 Å². The van der Waals surface area contributed by atoms with Crippen molar-refractivity contribution in [1.82, 2.24) is 0 Å². The second kappa shape index (κ2) is 4.75. The van der Waals surface area contributed by atoms with Gasteiger partial charge in [0.15, 0.2) is 0 Å². The smallest absolute Gasteiger partial charge is 0.227 e. The lowest BCUT2D eigenvalue weighted by atomic mass is 9.88. The van der Waals surface area contributed by atoms with Gasteiger partial charge in [0.05, 0.1) is 0 Å². The van der Waals surface area contributed by atoms with E-state index in [0.29, 0.717) is 5.92 Å². The number of fused-ring (bicyclic) bond motifs is 2. The third-order valence-corrected chi connectivity index (χ3v) is 4.70. The lowest BCUT2D eigenvalue weighted by molar-refractivity contribution is -0.121. The van der Waals surface area contributed by atoms with Crippen molar-refractivity contribution in [2.75, 3.05) is 5.32 Å². The summed E-state index contributed by atoms with van der Waals surface area (Å²) in [6.07, 6.45) is 6.05. The first kappa shape index (κ1) is 11.8. The molecule has 18 heavy (non-hydrogen) atoms. The van der Waals surface area contributed by atoms with Gasteiger partial charge in [0.25, 0.3) is 0 Å². The summed E-state index contributed by atoms with van der Waals surface area (Å²) in [7, 11) is 0. The third-order valence-electron chi connectivity index (χ3n) is 4.70. The van der Waals surface area contributed by atoms with Crippen molar-refractivity contribution in [1.29, 1.82) is 0 Å². The Morgan fingerprint density at radius 3 is 2.56 bits per heavy atom. The first-order valence-electron chi connectivity index (χ1n) is 7.16. The number of nitrogens with one attached hydrogen (secondary N) is 1. The molecule has 0 spiro atoms. The maximum Gasteiger partial charge on any atom is 0.227 e. The average molecular weight is 243 g/mol. The fraction of sp³-hybridized carbons (Fsp3) is 0.562. The van der Waals surface area contributed by atoms with Crippen LogP contribution in [0.1, 0.15) is 38.2 Å². The highest BCUT2D eigenvalue weighted by molar-refractivity contribution is 5.93. The summed E-state index contributed by atoms with van der Waals surface area (Å²) in [5.41, 5.74) is 2.26. The van der Waals surface area contributed by atoms with Crippen molar-refractivity contribution in [2.24, 2.45) is 17.8 Å². The van der Waals surface area contributed by atoms with Gasteiger partial charge in [-0.1, -0.05) is 25.5 Å². The van der Waals surface area contributed by atoms with Crippen molar-refractivity contribution < 1.29 is 4.79 Å². The van der Waals surface area contributed by atoms with E-state index in [1.165, 1.54) is 24.8 Å². The molecule has 1 N–H and O–H groups in total. The molecule has 2 saturated carbocycles. The zero-order valence-corrected chi connectivity index (χ0v) is 11.0. The van der Waals surface area contributed by atoms with Crippen LogP contribution in [0.5, 0.6) is 0 Å². The van der Waals surface area contributed by atoms with E-state index in [-0.39, 0.29) is 11.8 Å². The Bertz CT molecular complexity index is 437. The summed E-state index contributed by atoms with van der Waals surface area (Å²) in [4.78, 5) is 12.2. The molecule has 3 atom stereocenters. The van der Waals surface area contributed by atoms with Crippen molar-refractivity contribution in [2.45, 2.75) is 39.0 Å². The van der Waals surface area contributed by atoms with Crippen LogP contribution in [0, 0.1) is 17.8 Å². The maximum absolute atomic E-state index is 12.2. The van der Waals surface area contributed by atoms with Crippen LogP contribution >= 0.6 is 0 Å². The lowest BCUT2D eigenvalue weighted by Gasteiger charge is -2.20. The topological polar surface area (TPSA) is 29.1 Å². The molecule has 0 saturated heterocycles. The normalized spacial score (nSPS) is 29.5. The zero-order chi connectivity index (χ0) is 12.5. The number of benzene rings is 1. The van der Waals surface area contributed by atoms with Gasteiger partial charge in [0.2, 0.25) is 5.91 Å². The first-order valence-corrected chi connectivity index (χ1v) is 7.16. The maximum atomic E-state index is 12.2.